The molecule has 0 spiro atoms. The van der Waals surface area contributed by atoms with Crippen LogP contribution in [-0.4, -0.2) is 35.4 Å². The Labute approximate surface area is 128 Å². The molecule has 1 aromatic carbocycles. The lowest BCUT2D eigenvalue weighted by molar-refractivity contribution is -0.384. The lowest BCUT2D eigenvalue weighted by Gasteiger charge is -2.14. The van der Waals surface area contributed by atoms with Crippen LogP contribution in [0, 0.1) is 10.1 Å². The molecule has 1 atom stereocenters. The Morgan fingerprint density at radius 2 is 2.19 bits per heavy atom. The molecule has 0 saturated heterocycles. The molecule has 0 fully saturated rings. The van der Waals surface area contributed by atoms with Gasteiger partial charge in [0.25, 0.3) is 5.91 Å². The van der Waals surface area contributed by atoms with Gasteiger partial charge in [0.2, 0.25) is 0 Å². The van der Waals surface area contributed by atoms with E-state index in [4.69, 9.17) is 0 Å². The fourth-order valence-corrected chi connectivity index (χ4v) is 2.50. The third kappa shape index (κ3) is 4.93. The van der Waals surface area contributed by atoms with Crippen LogP contribution in [-0.2, 0) is 0 Å². The molecule has 7 heteroatoms. The molecule has 6 nitrogen and oxygen atoms in total. The minimum atomic E-state index is -0.508. The molecule has 21 heavy (non-hydrogen) atoms. The summed E-state index contributed by atoms with van der Waals surface area (Å²) in [5, 5.41) is 17.1. The summed E-state index contributed by atoms with van der Waals surface area (Å²) in [5.74, 6) is 0.344. The first-order valence-electron chi connectivity index (χ1n) is 6.82. The molecule has 0 bridgehead atoms. The van der Waals surface area contributed by atoms with Crippen LogP contribution in [0.5, 0.6) is 0 Å². The first-order valence-corrected chi connectivity index (χ1v) is 8.21. The van der Waals surface area contributed by atoms with Gasteiger partial charge >= 0.3 is 5.69 Å². The third-order valence-electron chi connectivity index (χ3n) is 2.82. The second kappa shape index (κ2) is 8.51. The van der Waals surface area contributed by atoms with Gasteiger partial charge in [-0.1, -0.05) is 13.0 Å². The number of nitro groups is 1. The van der Waals surface area contributed by atoms with Gasteiger partial charge in [0, 0.05) is 18.3 Å². The summed E-state index contributed by atoms with van der Waals surface area (Å²) in [5.41, 5.74) is 0.306. The maximum absolute atomic E-state index is 12.2. The van der Waals surface area contributed by atoms with Crippen molar-refractivity contribution in [3.63, 3.8) is 0 Å². The number of nitrogens with zero attached hydrogens (tertiary/aromatic N) is 1. The monoisotopic (exact) mass is 311 g/mol. The second-order valence-corrected chi connectivity index (χ2v) is 5.63. The van der Waals surface area contributed by atoms with Crippen LogP contribution in [0.1, 0.15) is 30.6 Å². The standard InChI is InChI=1S/C14H21N3O3S/c1-4-8-15-12-7-5-6-11(13(12)17(19)20)14(18)16-10(2)9-21-3/h5-7,10,15H,4,8-9H2,1-3H3,(H,16,18). The van der Waals surface area contributed by atoms with Gasteiger partial charge in [0.05, 0.1) is 4.92 Å². The van der Waals surface area contributed by atoms with Crippen molar-refractivity contribution >= 4 is 29.0 Å². The summed E-state index contributed by atoms with van der Waals surface area (Å²) in [6.45, 7) is 4.47. The van der Waals surface area contributed by atoms with Gasteiger partial charge in [-0.25, -0.2) is 0 Å². The Morgan fingerprint density at radius 3 is 2.76 bits per heavy atom. The quantitative estimate of drug-likeness (QED) is 0.569. The van der Waals surface area contributed by atoms with E-state index in [9.17, 15) is 14.9 Å². The van der Waals surface area contributed by atoms with Crippen molar-refractivity contribution in [2.24, 2.45) is 0 Å². The molecule has 0 aliphatic heterocycles. The summed E-state index contributed by atoms with van der Waals surface area (Å²) in [7, 11) is 0. The van der Waals surface area contributed by atoms with Crippen molar-refractivity contribution < 1.29 is 9.72 Å². The molecule has 116 valence electrons. The molecule has 0 saturated carbocycles. The number of benzene rings is 1. The van der Waals surface area contributed by atoms with Crippen LogP contribution in [0.2, 0.25) is 0 Å². The van der Waals surface area contributed by atoms with Gasteiger partial charge in [-0.05, 0) is 31.7 Å². The molecular weight excluding hydrogens is 290 g/mol. The average Bonchev–Trinajstić information content (AvgIpc) is 2.44. The van der Waals surface area contributed by atoms with Crippen LogP contribution in [0.4, 0.5) is 11.4 Å². The predicted octanol–water partition coefficient (Wildman–Crippen LogP) is 2.90. The first kappa shape index (κ1) is 17.3. The topological polar surface area (TPSA) is 84.3 Å². The zero-order valence-corrected chi connectivity index (χ0v) is 13.3. The van der Waals surface area contributed by atoms with Crippen molar-refractivity contribution in [3.8, 4) is 0 Å². The molecule has 0 aromatic heterocycles. The second-order valence-electron chi connectivity index (χ2n) is 4.72. The molecule has 0 radical (unpaired) electrons. The lowest BCUT2D eigenvalue weighted by Crippen LogP contribution is -2.34. The number of para-hydroxylation sites is 1. The number of nitrogens with one attached hydrogen (secondary N) is 2. The van der Waals surface area contributed by atoms with Crippen LogP contribution in [0.3, 0.4) is 0 Å². The summed E-state index contributed by atoms with van der Waals surface area (Å²) < 4.78 is 0. The minimum absolute atomic E-state index is 0.0423. The first-order chi connectivity index (χ1) is 10.0. The van der Waals surface area contributed by atoms with Crippen LogP contribution >= 0.6 is 11.8 Å². The van der Waals surface area contributed by atoms with Gasteiger partial charge in [-0.3, -0.25) is 14.9 Å². The number of nitro benzene ring substituents is 1. The highest BCUT2D eigenvalue weighted by Crippen LogP contribution is 2.28. The Morgan fingerprint density at radius 1 is 1.48 bits per heavy atom. The maximum atomic E-state index is 12.2. The van der Waals surface area contributed by atoms with Gasteiger partial charge in [-0.2, -0.15) is 11.8 Å². The molecule has 1 rings (SSSR count). The summed E-state index contributed by atoms with van der Waals surface area (Å²) in [4.78, 5) is 23.0. The smallest absolute Gasteiger partial charge is 0.305 e. The van der Waals surface area contributed by atoms with E-state index >= 15 is 0 Å². The molecule has 1 aromatic rings. The Kier molecular flexibility index (Phi) is 7.01. The van der Waals surface area contributed by atoms with E-state index in [1.807, 2.05) is 20.1 Å². The van der Waals surface area contributed by atoms with Crippen molar-refractivity contribution in [1.82, 2.24) is 5.32 Å². The molecule has 0 heterocycles. The SMILES string of the molecule is CCCNc1cccc(C(=O)NC(C)CSC)c1[N+](=O)[O-]. The van der Waals surface area contributed by atoms with Crippen LogP contribution in [0.15, 0.2) is 18.2 Å². The van der Waals surface area contributed by atoms with Crippen LogP contribution in [0.25, 0.3) is 0 Å². The van der Waals surface area contributed by atoms with E-state index in [0.29, 0.717) is 12.2 Å². The Hall–Kier alpha value is -1.76. The van der Waals surface area contributed by atoms with E-state index in [2.05, 4.69) is 10.6 Å². The van der Waals surface area contributed by atoms with Gasteiger partial charge < -0.3 is 10.6 Å². The van der Waals surface area contributed by atoms with E-state index in [1.165, 1.54) is 6.07 Å². The lowest BCUT2D eigenvalue weighted by atomic mass is 10.1. The fraction of sp³-hybridized carbons (Fsp3) is 0.500. The number of anilines is 1. The van der Waals surface area contributed by atoms with Gasteiger partial charge in [-0.15, -0.1) is 0 Å². The predicted molar refractivity (Wildman–Crippen MR) is 87.2 cm³/mol. The van der Waals surface area contributed by atoms with Crippen molar-refractivity contribution in [1.29, 1.82) is 0 Å². The third-order valence-corrected chi connectivity index (χ3v) is 3.66. The highest BCUT2D eigenvalue weighted by atomic mass is 32.2. The molecule has 1 amide bonds. The molecule has 0 aliphatic rings. The van der Waals surface area contributed by atoms with E-state index in [0.717, 1.165) is 12.2 Å². The number of hydrogen-bond acceptors (Lipinski definition) is 5. The Bertz CT molecular complexity index is 508. The van der Waals surface area contributed by atoms with Gasteiger partial charge in [0.1, 0.15) is 11.3 Å². The van der Waals surface area contributed by atoms with E-state index in [1.54, 1.807) is 23.9 Å². The van der Waals surface area contributed by atoms with E-state index in [-0.39, 0.29) is 17.3 Å². The molecule has 1 unspecified atom stereocenters. The molecule has 0 aliphatic carbocycles. The normalized spacial score (nSPS) is 11.8. The van der Waals surface area contributed by atoms with Gasteiger partial charge in [0.15, 0.2) is 0 Å². The van der Waals surface area contributed by atoms with E-state index < -0.39 is 10.8 Å². The minimum Gasteiger partial charge on any atom is -0.379 e. The van der Waals surface area contributed by atoms with Crippen molar-refractivity contribution in [2.75, 3.05) is 23.9 Å². The van der Waals surface area contributed by atoms with Crippen molar-refractivity contribution in [3.05, 3.63) is 33.9 Å². The average molecular weight is 311 g/mol. The Balaban J connectivity index is 3.05. The number of thioether (sulfide) groups is 1. The number of amides is 1. The largest absolute Gasteiger partial charge is 0.379 e. The molecule has 2 N–H and O–H groups in total. The highest BCUT2D eigenvalue weighted by molar-refractivity contribution is 7.98. The number of rotatable bonds is 8. The number of carbonyl (C=O) groups is 1. The number of carbonyl (C=O) groups excluding carboxylic acids is 1. The maximum Gasteiger partial charge on any atom is 0.305 e. The summed E-state index contributed by atoms with van der Waals surface area (Å²) in [6, 6.07) is 4.71. The summed E-state index contributed by atoms with van der Waals surface area (Å²) >= 11 is 1.61. The van der Waals surface area contributed by atoms with Crippen molar-refractivity contribution in [2.45, 2.75) is 26.3 Å². The zero-order valence-electron chi connectivity index (χ0n) is 12.5. The summed E-state index contributed by atoms with van der Waals surface area (Å²) in [6.07, 6.45) is 2.79. The fourth-order valence-electron chi connectivity index (χ4n) is 1.92. The highest BCUT2D eigenvalue weighted by Gasteiger charge is 2.24. The van der Waals surface area contributed by atoms with Crippen LogP contribution < -0.4 is 10.6 Å². The molecular formula is C14H21N3O3S. The zero-order chi connectivity index (χ0) is 15.8. The number of hydrogen-bond donors (Lipinski definition) is 2.